The summed E-state index contributed by atoms with van der Waals surface area (Å²) in [6, 6.07) is 3.65. The largest absolute Gasteiger partial charge is 0.416 e. The van der Waals surface area contributed by atoms with E-state index in [1.807, 2.05) is 10.8 Å². The fourth-order valence-electron chi connectivity index (χ4n) is 1.97. The Bertz CT molecular complexity index is 632. The van der Waals surface area contributed by atoms with Crippen molar-refractivity contribution in [3.05, 3.63) is 41.2 Å². The third-order valence-corrected chi connectivity index (χ3v) is 3.46. The summed E-state index contributed by atoms with van der Waals surface area (Å²) in [6.07, 6.45) is 1.28. The number of rotatable bonds is 3. The quantitative estimate of drug-likeness (QED) is 0.895. The molecule has 3 rings (SSSR count). The first kappa shape index (κ1) is 13.3. The molecule has 0 amide bonds. The zero-order valence-corrected chi connectivity index (χ0v) is 11.0. The van der Waals surface area contributed by atoms with E-state index in [0.29, 0.717) is 17.7 Å². The second-order valence-corrected chi connectivity index (χ2v) is 5.11. The minimum absolute atomic E-state index is 0.0187. The molecule has 0 radical (unpaired) electrons. The number of aromatic nitrogens is 2. The Labute approximate surface area is 118 Å². The van der Waals surface area contributed by atoms with Gasteiger partial charge in [-0.05, 0) is 31.0 Å². The number of nitrogens with one attached hydrogen (secondary N) is 1. The maximum Gasteiger partial charge on any atom is 0.416 e. The van der Waals surface area contributed by atoms with Crippen LogP contribution in [0.4, 0.5) is 24.8 Å². The number of nitrogens with zero attached hydrogens (tertiary/aromatic N) is 2. The van der Waals surface area contributed by atoms with Crippen LogP contribution < -0.4 is 5.32 Å². The predicted octanol–water partition coefficient (Wildman–Crippen LogP) is 4.63. The van der Waals surface area contributed by atoms with Crippen molar-refractivity contribution in [1.29, 1.82) is 0 Å². The van der Waals surface area contributed by atoms with Crippen LogP contribution in [0.15, 0.2) is 30.6 Å². The first-order valence-corrected chi connectivity index (χ1v) is 6.49. The summed E-state index contributed by atoms with van der Waals surface area (Å²) < 4.78 is 39.6. The third-order valence-electron chi connectivity index (χ3n) is 3.15. The van der Waals surface area contributed by atoms with Crippen LogP contribution in [-0.2, 0) is 6.18 Å². The number of benzene rings is 1. The first-order chi connectivity index (χ1) is 9.45. The summed E-state index contributed by atoms with van der Waals surface area (Å²) in [7, 11) is 0. The fourth-order valence-corrected chi connectivity index (χ4v) is 2.20. The molecule has 3 nitrogen and oxygen atoms in total. The van der Waals surface area contributed by atoms with Crippen LogP contribution in [0.1, 0.15) is 24.4 Å². The normalized spacial score (nSPS) is 15.4. The molecule has 7 heteroatoms. The van der Waals surface area contributed by atoms with Crippen molar-refractivity contribution >= 4 is 23.2 Å². The van der Waals surface area contributed by atoms with Gasteiger partial charge in [0.1, 0.15) is 0 Å². The Kier molecular flexibility index (Phi) is 3.12. The van der Waals surface area contributed by atoms with E-state index in [-0.39, 0.29) is 5.02 Å². The highest BCUT2D eigenvalue weighted by molar-refractivity contribution is 6.33. The molecule has 0 aliphatic heterocycles. The number of halogens is 4. The van der Waals surface area contributed by atoms with Crippen molar-refractivity contribution in [1.82, 2.24) is 9.55 Å². The number of anilines is 2. The molecule has 0 bridgehead atoms. The lowest BCUT2D eigenvalue weighted by Crippen LogP contribution is -2.06. The van der Waals surface area contributed by atoms with Crippen LogP contribution in [0.3, 0.4) is 0 Å². The monoisotopic (exact) mass is 301 g/mol. The molecule has 1 aliphatic rings. The SMILES string of the molecule is FC(F)(F)c1ccc(Nc2nccn2C2CC2)c(Cl)c1. The van der Waals surface area contributed by atoms with E-state index < -0.39 is 11.7 Å². The van der Waals surface area contributed by atoms with E-state index in [1.54, 1.807) is 6.20 Å². The van der Waals surface area contributed by atoms with Gasteiger partial charge in [0.2, 0.25) is 5.95 Å². The molecule has 0 spiro atoms. The highest BCUT2D eigenvalue weighted by Gasteiger charge is 2.31. The van der Waals surface area contributed by atoms with E-state index in [9.17, 15) is 13.2 Å². The van der Waals surface area contributed by atoms with Gasteiger partial charge < -0.3 is 9.88 Å². The van der Waals surface area contributed by atoms with Crippen LogP contribution >= 0.6 is 11.6 Å². The Morgan fingerprint density at radius 2 is 2.05 bits per heavy atom. The zero-order valence-electron chi connectivity index (χ0n) is 10.3. The van der Waals surface area contributed by atoms with Gasteiger partial charge in [-0.1, -0.05) is 11.6 Å². The van der Waals surface area contributed by atoms with Gasteiger partial charge in [0, 0.05) is 18.4 Å². The van der Waals surface area contributed by atoms with Crippen molar-refractivity contribution in [2.45, 2.75) is 25.1 Å². The highest BCUT2D eigenvalue weighted by Crippen LogP contribution is 2.38. The molecule has 1 aromatic carbocycles. The number of hydrogen-bond acceptors (Lipinski definition) is 2. The Morgan fingerprint density at radius 3 is 2.65 bits per heavy atom. The lowest BCUT2D eigenvalue weighted by atomic mass is 10.2. The number of alkyl halides is 3. The second kappa shape index (κ2) is 4.70. The lowest BCUT2D eigenvalue weighted by Gasteiger charge is -2.12. The summed E-state index contributed by atoms with van der Waals surface area (Å²) in [5.41, 5.74) is -0.355. The Morgan fingerprint density at radius 1 is 1.30 bits per heavy atom. The first-order valence-electron chi connectivity index (χ1n) is 6.12. The van der Waals surface area contributed by atoms with Crippen molar-refractivity contribution in [2.75, 3.05) is 5.32 Å². The summed E-state index contributed by atoms with van der Waals surface area (Å²) in [6.45, 7) is 0. The van der Waals surface area contributed by atoms with Gasteiger partial charge in [-0.15, -0.1) is 0 Å². The van der Waals surface area contributed by atoms with Gasteiger partial charge in [-0.3, -0.25) is 0 Å². The molecule has 20 heavy (non-hydrogen) atoms. The van der Waals surface area contributed by atoms with Crippen LogP contribution in [-0.4, -0.2) is 9.55 Å². The maximum atomic E-state index is 12.6. The summed E-state index contributed by atoms with van der Waals surface area (Å²) >= 11 is 5.90. The van der Waals surface area contributed by atoms with Gasteiger partial charge in [0.15, 0.2) is 0 Å². The van der Waals surface area contributed by atoms with E-state index in [4.69, 9.17) is 11.6 Å². The Balaban J connectivity index is 1.86. The molecule has 0 unspecified atom stereocenters. The molecular formula is C13H11ClF3N3. The minimum Gasteiger partial charge on any atom is -0.324 e. The molecule has 106 valence electrons. The van der Waals surface area contributed by atoms with Gasteiger partial charge in [0.05, 0.1) is 16.3 Å². The van der Waals surface area contributed by atoms with Crippen LogP contribution in [0.2, 0.25) is 5.02 Å². The van der Waals surface area contributed by atoms with Gasteiger partial charge in [-0.2, -0.15) is 13.2 Å². The molecule has 1 N–H and O–H groups in total. The molecule has 1 saturated carbocycles. The Hall–Kier alpha value is -1.69. The number of hydrogen-bond donors (Lipinski definition) is 1. The minimum atomic E-state index is -4.39. The molecule has 0 atom stereocenters. The average molecular weight is 302 g/mol. The molecule has 1 aromatic heterocycles. The molecule has 2 aromatic rings. The summed E-state index contributed by atoms with van der Waals surface area (Å²) in [5.74, 6) is 0.592. The van der Waals surface area contributed by atoms with Crippen LogP contribution in [0, 0.1) is 0 Å². The second-order valence-electron chi connectivity index (χ2n) is 4.71. The van der Waals surface area contributed by atoms with E-state index >= 15 is 0 Å². The number of imidazole rings is 1. The standard InChI is InChI=1S/C13H11ClF3N3/c14-10-7-8(13(15,16)17)1-4-11(10)19-12-18-5-6-20(12)9-2-3-9/h1,4-7,9H,2-3H2,(H,18,19). The molecule has 1 aliphatic carbocycles. The van der Waals surface area contributed by atoms with E-state index in [1.165, 1.54) is 6.07 Å². The van der Waals surface area contributed by atoms with Crippen molar-refractivity contribution in [3.63, 3.8) is 0 Å². The van der Waals surface area contributed by atoms with Crippen molar-refractivity contribution in [3.8, 4) is 0 Å². The maximum absolute atomic E-state index is 12.6. The summed E-state index contributed by atoms with van der Waals surface area (Å²) in [4.78, 5) is 4.16. The molecule has 0 saturated heterocycles. The lowest BCUT2D eigenvalue weighted by molar-refractivity contribution is -0.137. The van der Waals surface area contributed by atoms with Gasteiger partial charge in [0.25, 0.3) is 0 Å². The topological polar surface area (TPSA) is 29.9 Å². The van der Waals surface area contributed by atoms with Crippen LogP contribution in [0.25, 0.3) is 0 Å². The third kappa shape index (κ3) is 2.60. The fraction of sp³-hybridized carbons (Fsp3) is 0.308. The van der Waals surface area contributed by atoms with Gasteiger partial charge in [-0.25, -0.2) is 4.98 Å². The van der Waals surface area contributed by atoms with E-state index in [2.05, 4.69) is 10.3 Å². The predicted molar refractivity (Wildman–Crippen MR) is 70.2 cm³/mol. The smallest absolute Gasteiger partial charge is 0.324 e. The molecular weight excluding hydrogens is 291 g/mol. The highest BCUT2D eigenvalue weighted by atomic mass is 35.5. The van der Waals surface area contributed by atoms with Crippen LogP contribution in [0.5, 0.6) is 0 Å². The zero-order chi connectivity index (χ0) is 14.3. The average Bonchev–Trinajstić information content (AvgIpc) is 3.11. The van der Waals surface area contributed by atoms with Gasteiger partial charge >= 0.3 is 6.18 Å². The van der Waals surface area contributed by atoms with Crippen molar-refractivity contribution in [2.24, 2.45) is 0 Å². The molecule has 1 fully saturated rings. The van der Waals surface area contributed by atoms with Crippen molar-refractivity contribution < 1.29 is 13.2 Å². The summed E-state index contributed by atoms with van der Waals surface area (Å²) in [5, 5.41) is 2.99. The molecule has 1 heterocycles. The van der Waals surface area contributed by atoms with E-state index in [0.717, 1.165) is 25.0 Å².